The molecule has 0 radical (unpaired) electrons. The predicted octanol–water partition coefficient (Wildman–Crippen LogP) is 3.96. The third-order valence-corrected chi connectivity index (χ3v) is 5.72. The molecule has 0 unspecified atom stereocenters. The van der Waals surface area contributed by atoms with Crippen LogP contribution in [0.15, 0.2) is 40.9 Å². The third-order valence-electron chi connectivity index (χ3n) is 5.20. The Morgan fingerprint density at radius 3 is 2.00 bits per heavy atom. The molecular formula is C21H26BrNO4. The minimum Gasteiger partial charge on any atom is -0.493 e. The molecule has 5 nitrogen and oxygen atoms in total. The van der Waals surface area contributed by atoms with Crippen molar-refractivity contribution in [1.82, 2.24) is 4.90 Å². The summed E-state index contributed by atoms with van der Waals surface area (Å²) in [6.45, 7) is 2.42. The molecule has 0 amide bonds. The summed E-state index contributed by atoms with van der Waals surface area (Å²) in [6, 6.07) is 11.9. The Kier molecular flexibility index (Phi) is 6.29. The van der Waals surface area contributed by atoms with Gasteiger partial charge in [0.15, 0.2) is 11.5 Å². The van der Waals surface area contributed by atoms with Crippen LogP contribution in [0.5, 0.6) is 17.2 Å². The first-order chi connectivity index (χ1) is 13.0. The van der Waals surface area contributed by atoms with Crippen LogP contribution in [0.1, 0.15) is 24.0 Å². The van der Waals surface area contributed by atoms with Crippen molar-refractivity contribution in [2.24, 2.45) is 0 Å². The number of nitrogens with zero attached hydrogens (tertiary/aromatic N) is 1. The van der Waals surface area contributed by atoms with E-state index in [-0.39, 0.29) is 0 Å². The van der Waals surface area contributed by atoms with Crippen molar-refractivity contribution in [3.8, 4) is 17.2 Å². The molecule has 1 saturated heterocycles. The second-order valence-corrected chi connectivity index (χ2v) is 7.76. The van der Waals surface area contributed by atoms with Crippen molar-refractivity contribution in [1.29, 1.82) is 0 Å². The van der Waals surface area contributed by atoms with Gasteiger partial charge in [-0.25, -0.2) is 0 Å². The van der Waals surface area contributed by atoms with Crippen molar-refractivity contribution in [3.63, 3.8) is 0 Å². The van der Waals surface area contributed by atoms with Crippen LogP contribution in [0.4, 0.5) is 0 Å². The first-order valence-corrected chi connectivity index (χ1v) is 9.78. The maximum atomic E-state index is 11.1. The lowest BCUT2D eigenvalue weighted by atomic mass is 9.84. The van der Waals surface area contributed by atoms with Gasteiger partial charge in [0.2, 0.25) is 5.75 Å². The fraction of sp³-hybridized carbons (Fsp3) is 0.429. The van der Waals surface area contributed by atoms with E-state index >= 15 is 0 Å². The van der Waals surface area contributed by atoms with Crippen molar-refractivity contribution in [3.05, 3.63) is 52.0 Å². The molecule has 1 aliphatic rings. The number of piperidine rings is 1. The molecule has 1 fully saturated rings. The van der Waals surface area contributed by atoms with Gasteiger partial charge >= 0.3 is 0 Å². The number of aliphatic hydroxyl groups is 1. The van der Waals surface area contributed by atoms with Gasteiger partial charge < -0.3 is 19.3 Å². The van der Waals surface area contributed by atoms with Gasteiger partial charge in [-0.15, -0.1) is 0 Å². The minimum absolute atomic E-state index is 0.604. The van der Waals surface area contributed by atoms with Gasteiger partial charge in [0, 0.05) is 24.1 Å². The van der Waals surface area contributed by atoms with E-state index in [1.165, 1.54) is 0 Å². The zero-order valence-electron chi connectivity index (χ0n) is 16.0. The van der Waals surface area contributed by atoms with E-state index in [4.69, 9.17) is 14.2 Å². The predicted molar refractivity (Wildman–Crippen MR) is 109 cm³/mol. The van der Waals surface area contributed by atoms with E-state index in [1.807, 2.05) is 36.4 Å². The monoisotopic (exact) mass is 435 g/mol. The molecule has 0 aliphatic carbocycles. The summed E-state index contributed by atoms with van der Waals surface area (Å²) in [5.41, 5.74) is 1.32. The molecule has 0 aromatic heterocycles. The molecule has 3 rings (SSSR count). The number of hydrogen-bond donors (Lipinski definition) is 1. The molecule has 146 valence electrons. The highest BCUT2D eigenvalue weighted by Crippen LogP contribution is 2.39. The van der Waals surface area contributed by atoms with Crippen LogP contribution in [0.25, 0.3) is 0 Å². The zero-order valence-corrected chi connectivity index (χ0v) is 17.6. The normalized spacial score (nSPS) is 16.8. The number of rotatable bonds is 6. The van der Waals surface area contributed by atoms with Crippen LogP contribution in [0, 0.1) is 0 Å². The number of ether oxygens (including phenoxy) is 3. The summed E-state index contributed by atoms with van der Waals surface area (Å²) < 4.78 is 17.3. The number of benzene rings is 2. The summed E-state index contributed by atoms with van der Waals surface area (Å²) in [5, 5.41) is 11.1. The molecular weight excluding hydrogens is 410 g/mol. The number of methoxy groups -OCH3 is 3. The van der Waals surface area contributed by atoms with E-state index in [1.54, 1.807) is 21.3 Å². The average molecular weight is 436 g/mol. The van der Waals surface area contributed by atoms with Crippen molar-refractivity contribution in [2.75, 3.05) is 34.4 Å². The molecule has 2 aromatic rings. The molecule has 0 bridgehead atoms. The Morgan fingerprint density at radius 1 is 0.963 bits per heavy atom. The molecule has 1 aliphatic heterocycles. The lowest BCUT2D eigenvalue weighted by molar-refractivity contribution is -0.0277. The summed E-state index contributed by atoms with van der Waals surface area (Å²) in [5.74, 6) is 1.93. The van der Waals surface area contributed by atoms with Gasteiger partial charge in [0.1, 0.15) is 0 Å². The Morgan fingerprint density at radius 2 is 1.52 bits per heavy atom. The Bertz CT molecular complexity index is 745. The molecule has 1 N–H and O–H groups in total. The van der Waals surface area contributed by atoms with E-state index in [0.717, 1.165) is 35.2 Å². The van der Waals surface area contributed by atoms with Gasteiger partial charge in [0.25, 0.3) is 0 Å². The quantitative estimate of drug-likeness (QED) is 0.743. The van der Waals surface area contributed by atoms with Gasteiger partial charge in [0.05, 0.1) is 26.9 Å². The molecule has 0 spiro atoms. The first kappa shape index (κ1) is 20.0. The van der Waals surface area contributed by atoms with Gasteiger partial charge in [-0.05, 0) is 48.2 Å². The maximum absolute atomic E-state index is 11.1. The summed E-state index contributed by atoms with van der Waals surface area (Å²) in [4.78, 5) is 2.34. The van der Waals surface area contributed by atoms with Crippen LogP contribution >= 0.6 is 15.9 Å². The number of hydrogen-bond acceptors (Lipinski definition) is 5. The topological polar surface area (TPSA) is 51.2 Å². The Labute approximate surface area is 169 Å². The van der Waals surface area contributed by atoms with Crippen molar-refractivity contribution >= 4 is 15.9 Å². The molecule has 6 heteroatoms. The molecule has 27 heavy (non-hydrogen) atoms. The lowest BCUT2D eigenvalue weighted by Crippen LogP contribution is -2.42. The third kappa shape index (κ3) is 4.39. The van der Waals surface area contributed by atoms with Crippen LogP contribution in [-0.4, -0.2) is 44.4 Å². The van der Waals surface area contributed by atoms with Crippen LogP contribution in [-0.2, 0) is 12.1 Å². The SMILES string of the molecule is COc1cc(CN2CCC(O)(c3ccc(Br)cc3)CC2)cc(OC)c1OC. The Balaban J connectivity index is 1.69. The zero-order chi connectivity index (χ0) is 19.4. The van der Waals surface area contributed by atoms with E-state index in [9.17, 15) is 5.11 Å². The second kappa shape index (κ2) is 8.50. The minimum atomic E-state index is -0.757. The van der Waals surface area contributed by atoms with Crippen LogP contribution in [0.3, 0.4) is 0 Å². The second-order valence-electron chi connectivity index (χ2n) is 6.85. The molecule has 1 heterocycles. The summed E-state index contributed by atoms with van der Waals surface area (Å²) >= 11 is 3.45. The summed E-state index contributed by atoms with van der Waals surface area (Å²) in [7, 11) is 4.86. The van der Waals surface area contributed by atoms with Gasteiger partial charge in [-0.3, -0.25) is 4.90 Å². The van der Waals surface area contributed by atoms with Crippen LogP contribution in [0.2, 0.25) is 0 Å². The highest BCUT2D eigenvalue weighted by molar-refractivity contribution is 9.10. The maximum Gasteiger partial charge on any atom is 0.203 e. The number of likely N-dealkylation sites (tertiary alicyclic amines) is 1. The summed E-state index contributed by atoms with van der Waals surface area (Å²) in [6.07, 6.45) is 1.41. The molecule has 0 atom stereocenters. The largest absolute Gasteiger partial charge is 0.493 e. The smallest absolute Gasteiger partial charge is 0.203 e. The van der Waals surface area contributed by atoms with Crippen molar-refractivity contribution < 1.29 is 19.3 Å². The molecule has 0 saturated carbocycles. The van der Waals surface area contributed by atoms with Crippen LogP contribution < -0.4 is 14.2 Å². The van der Waals surface area contributed by atoms with Gasteiger partial charge in [-0.2, -0.15) is 0 Å². The first-order valence-electron chi connectivity index (χ1n) is 8.99. The van der Waals surface area contributed by atoms with E-state index in [0.29, 0.717) is 30.1 Å². The number of halogens is 1. The fourth-order valence-electron chi connectivity index (χ4n) is 3.61. The fourth-order valence-corrected chi connectivity index (χ4v) is 3.88. The standard InChI is InChI=1S/C21H26BrNO4/c1-25-18-12-15(13-19(26-2)20(18)27-3)14-23-10-8-21(24,9-11-23)16-4-6-17(22)7-5-16/h4-7,12-13,24H,8-11,14H2,1-3H3. The highest BCUT2D eigenvalue weighted by Gasteiger charge is 2.34. The van der Waals surface area contributed by atoms with Crippen molar-refractivity contribution in [2.45, 2.75) is 25.0 Å². The van der Waals surface area contributed by atoms with E-state index < -0.39 is 5.60 Å². The average Bonchev–Trinajstić information content (AvgIpc) is 2.69. The van der Waals surface area contributed by atoms with E-state index in [2.05, 4.69) is 20.8 Å². The molecule has 2 aromatic carbocycles. The lowest BCUT2D eigenvalue weighted by Gasteiger charge is -2.38. The van der Waals surface area contributed by atoms with Gasteiger partial charge in [-0.1, -0.05) is 28.1 Å². The Hall–Kier alpha value is -1.76. The highest BCUT2D eigenvalue weighted by atomic mass is 79.9.